The van der Waals surface area contributed by atoms with Crippen LogP contribution in [0.5, 0.6) is 0 Å². The van der Waals surface area contributed by atoms with Gasteiger partial charge in [-0.1, -0.05) is 6.42 Å². The largest absolute Gasteiger partial charge is 0.393 e. The van der Waals surface area contributed by atoms with Gasteiger partial charge in [-0.3, -0.25) is 0 Å². The maximum Gasteiger partial charge on any atom is 0.0580 e. The SMILES string of the molecule is CN(CC1CCCOC1)CC1CCCC1O. The summed E-state index contributed by atoms with van der Waals surface area (Å²) in [5.41, 5.74) is 0. The molecule has 0 amide bonds. The van der Waals surface area contributed by atoms with Crippen molar-refractivity contribution in [3.8, 4) is 0 Å². The van der Waals surface area contributed by atoms with Crippen LogP contribution in [-0.4, -0.2) is 49.5 Å². The van der Waals surface area contributed by atoms with Gasteiger partial charge in [0.05, 0.1) is 12.7 Å². The fourth-order valence-corrected chi connectivity index (χ4v) is 3.10. The fraction of sp³-hybridized carbons (Fsp3) is 1.00. The molecule has 1 aliphatic heterocycles. The second-order valence-corrected chi connectivity index (χ2v) is 5.56. The number of rotatable bonds is 4. The second-order valence-electron chi connectivity index (χ2n) is 5.56. The number of hydrogen-bond acceptors (Lipinski definition) is 3. The molecule has 3 nitrogen and oxygen atoms in total. The highest BCUT2D eigenvalue weighted by molar-refractivity contribution is 4.79. The van der Waals surface area contributed by atoms with Crippen LogP contribution in [0, 0.1) is 11.8 Å². The van der Waals surface area contributed by atoms with Crippen molar-refractivity contribution < 1.29 is 9.84 Å². The van der Waals surface area contributed by atoms with Gasteiger partial charge in [-0.2, -0.15) is 0 Å². The zero-order valence-corrected chi connectivity index (χ0v) is 10.4. The molecule has 2 rings (SSSR count). The third-order valence-electron chi connectivity index (χ3n) is 3.99. The first-order chi connectivity index (χ1) is 7.75. The maximum absolute atomic E-state index is 9.79. The average Bonchev–Trinajstić information content (AvgIpc) is 2.66. The summed E-state index contributed by atoms with van der Waals surface area (Å²) in [5, 5.41) is 9.79. The molecule has 0 bridgehead atoms. The summed E-state index contributed by atoms with van der Waals surface area (Å²) in [5.74, 6) is 1.21. The summed E-state index contributed by atoms with van der Waals surface area (Å²) in [4.78, 5) is 2.39. The van der Waals surface area contributed by atoms with Crippen molar-refractivity contribution in [2.24, 2.45) is 11.8 Å². The Labute approximate surface area is 98.8 Å². The maximum atomic E-state index is 9.79. The molecular weight excluding hydrogens is 202 g/mol. The van der Waals surface area contributed by atoms with Crippen molar-refractivity contribution in [2.75, 3.05) is 33.4 Å². The molecule has 0 aromatic carbocycles. The van der Waals surface area contributed by atoms with Crippen LogP contribution in [0.2, 0.25) is 0 Å². The second kappa shape index (κ2) is 5.99. The molecule has 0 aromatic heterocycles. The highest BCUT2D eigenvalue weighted by Crippen LogP contribution is 2.26. The lowest BCUT2D eigenvalue weighted by Crippen LogP contribution is -2.35. The van der Waals surface area contributed by atoms with E-state index in [9.17, 15) is 5.11 Å². The summed E-state index contributed by atoms with van der Waals surface area (Å²) in [6.07, 6.45) is 5.87. The Kier molecular flexibility index (Phi) is 4.62. The van der Waals surface area contributed by atoms with Crippen LogP contribution in [0.4, 0.5) is 0 Å². The van der Waals surface area contributed by atoms with E-state index in [4.69, 9.17) is 4.74 Å². The van der Waals surface area contributed by atoms with Crippen LogP contribution in [0.1, 0.15) is 32.1 Å². The number of nitrogens with zero attached hydrogens (tertiary/aromatic N) is 1. The van der Waals surface area contributed by atoms with Crippen LogP contribution < -0.4 is 0 Å². The van der Waals surface area contributed by atoms with Gasteiger partial charge in [-0.05, 0) is 44.6 Å². The van der Waals surface area contributed by atoms with Crippen molar-refractivity contribution >= 4 is 0 Å². The van der Waals surface area contributed by atoms with Gasteiger partial charge in [0.2, 0.25) is 0 Å². The van der Waals surface area contributed by atoms with Crippen LogP contribution >= 0.6 is 0 Å². The van der Waals surface area contributed by atoms with E-state index in [0.717, 1.165) is 32.7 Å². The third kappa shape index (κ3) is 3.44. The van der Waals surface area contributed by atoms with E-state index in [-0.39, 0.29) is 6.10 Å². The monoisotopic (exact) mass is 227 g/mol. The molecule has 3 atom stereocenters. The zero-order valence-electron chi connectivity index (χ0n) is 10.4. The Hall–Kier alpha value is -0.120. The molecule has 1 heterocycles. The fourth-order valence-electron chi connectivity index (χ4n) is 3.10. The zero-order chi connectivity index (χ0) is 11.4. The first kappa shape index (κ1) is 12.3. The Morgan fingerprint density at radius 2 is 2.06 bits per heavy atom. The Balaban J connectivity index is 1.68. The Bertz CT molecular complexity index is 204. The molecular formula is C13H25NO2. The summed E-state index contributed by atoms with van der Waals surface area (Å²) in [6, 6.07) is 0. The van der Waals surface area contributed by atoms with Crippen molar-refractivity contribution in [3.05, 3.63) is 0 Å². The van der Waals surface area contributed by atoms with Crippen molar-refractivity contribution in [3.63, 3.8) is 0 Å². The first-order valence-corrected chi connectivity index (χ1v) is 6.70. The highest BCUT2D eigenvalue weighted by Gasteiger charge is 2.27. The van der Waals surface area contributed by atoms with Gasteiger partial charge in [-0.15, -0.1) is 0 Å². The normalized spacial score (nSPS) is 35.8. The molecule has 94 valence electrons. The molecule has 0 aromatic rings. The first-order valence-electron chi connectivity index (χ1n) is 6.70. The lowest BCUT2D eigenvalue weighted by atomic mass is 10.0. The van der Waals surface area contributed by atoms with Crippen LogP contribution in [0.15, 0.2) is 0 Å². The standard InChI is InChI=1S/C13H25NO2/c1-14(8-11-4-3-7-16-10-11)9-12-5-2-6-13(12)15/h11-13,15H,2-10H2,1H3. The molecule has 2 aliphatic rings. The molecule has 3 unspecified atom stereocenters. The minimum atomic E-state index is -0.0509. The van der Waals surface area contributed by atoms with Gasteiger partial charge in [0, 0.05) is 19.7 Å². The van der Waals surface area contributed by atoms with Crippen molar-refractivity contribution in [2.45, 2.75) is 38.2 Å². The van der Waals surface area contributed by atoms with Crippen molar-refractivity contribution in [1.82, 2.24) is 4.90 Å². The molecule has 16 heavy (non-hydrogen) atoms. The topological polar surface area (TPSA) is 32.7 Å². The van der Waals surface area contributed by atoms with Gasteiger partial charge in [-0.25, -0.2) is 0 Å². The molecule has 0 radical (unpaired) electrons. The van der Waals surface area contributed by atoms with Gasteiger partial charge in [0.1, 0.15) is 0 Å². The Morgan fingerprint density at radius 3 is 2.69 bits per heavy atom. The van der Waals surface area contributed by atoms with E-state index in [1.54, 1.807) is 0 Å². The molecule has 1 aliphatic carbocycles. The minimum Gasteiger partial charge on any atom is -0.393 e. The predicted octanol–water partition coefficient (Wildman–Crippen LogP) is 1.51. The van der Waals surface area contributed by atoms with Crippen LogP contribution in [0.25, 0.3) is 0 Å². The van der Waals surface area contributed by atoms with Gasteiger partial charge in [0.25, 0.3) is 0 Å². The van der Waals surface area contributed by atoms with E-state index in [0.29, 0.717) is 11.8 Å². The lowest BCUT2D eigenvalue weighted by molar-refractivity contribution is 0.0357. The molecule has 1 saturated carbocycles. The van der Waals surface area contributed by atoms with E-state index in [1.807, 2.05) is 0 Å². The van der Waals surface area contributed by atoms with E-state index in [2.05, 4.69) is 11.9 Å². The van der Waals surface area contributed by atoms with E-state index in [1.165, 1.54) is 25.7 Å². The molecule has 1 saturated heterocycles. The summed E-state index contributed by atoms with van der Waals surface area (Å²) in [7, 11) is 2.18. The number of hydrogen-bond donors (Lipinski definition) is 1. The molecule has 2 fully saturated rings. The highest BCUT2D eigenvalue weighted by atomic mass is 16.5. The quantitative estimate of drug-likeness (QED) is 0.790. The van der Waals surface area contributed by atoms with Gasteiger partial charge >= 0.3 is 0 Å². The minimum absolute atomic E-state index is 0.0509. The van der Waals surface area contributed by atoms with Crippen LogP contribution in [-0.2, 0) is 4.74 Å². The molecule has 3 heteroatoms. The number of aliphatic hydroxyl groups excluding tert-OH is 1. The third-order valence-corrected chi connectivity index (χ3v) is 3.99. The van der Waals surface area contributed by atoms with Crippen molar-refractivity contribution in [1.29, 1.82) is 0 Å². The van der Waals surface area contributed by atoms with Gasteiger partial charge in [0.15, 0.2) is 0 Å². The molecule has 0 spiro atoms. The molecule has 1 N–H and O–H groups in total. The predicted molar refractivity (Wildman–Crippen MR) is 64.4 cm³/mol. The van der Waals surface area contributed by atoms with E-state index >= 15 is 0 Å². The van der Waals surface area contributed by atoms with Gasteiger partial charge < -0.3 is 14.7 Å². The smallest absolute Gasteiger partial charge is 0.0580 e. The summed E-state index contributed by atoms with van der Waals surface area (Å²) >= 11 is 0. The number of aliphatic hydroxyl groups is 1. The summed E-state index contributed by atoms with van der Waals surface area (Å²) in [6.45, 7) is 4.06. The van der Waals surface area contributed by atoms with Crippen LogP contribution in [0.3, 0.4) is 0 Å². The number of ether oxygens (including phenoxy) is 1. The average molecular weight is 227 g/mol. The van der Waals surface area contributed by atoms with E-state index < -0.39 is 0 Å². The summed E-state index contributed by atoms with van der Waals surface area (Å²) < 4.78 is 5.50. The Morgan fingerprint density at radius 1 is 1.19 bits per heavy atom. The lowest BCUT2D eigenvalue weighted by Gasteiger charge is -2.29.